The van der Waals surface area contributed by atoms with Crippen molar-refractivity contribution in [3.63, 3.8) is 0 Å². The third kappa shape index (κ3) is 2.28. The number of halogens is 1. The van der Waals surface area contributed by atoms with Crippen LogP contribution in [0, 0.1) is 5.92 Å². The van der Waals surface area contributed by atoms with E-state index in [1.165, 1.54) is 0 Å². The number of ether oxygens (including phenoxy) is 1. The number of carbonyl (C=O) groups is 1. The molecule has 1 saturated heterocycles. The van der Waals surface area contributed by atoms with E-state index in [4.69, 9.17) is 16.3 Å². The molecular formula is C13H15ClO2. The van der Waals surface area contributed by atoms with Crippen LogP contribution in [-0.2, 0) is 9.53 Å². The van der Waals surface area contributed by atoms with Gasteiger partial charge in [-0.25, -0.2) is 0 Å². The lowest BCUT2D eigenvalue weighted by atomic mass is 9.96. The predicted octanol–water partition coefficient (Wildman–Crippen LogP) is 2.96. The van der Waals surface area contributed by atoms with Crippen molar-refractivity contribution in [3.8, 4) is 0 Å². The van der Waals surface area contributed by atoms with Gasteiger partial charge in [0.05, 0.1) is 0 Å². The van der Waals surface area contributed by atoms with E-state index >= 15 is 0 Å². The Hall–Kier alpha value is -0.860. The highest BCUT2D eigenvalue weighted by molar-refractivity contribution is 6.31. The number of hydrogen-bond donors (Lipinski definition) is 0. The SMILES string of the molecule is CC1CCOC1C(=O)C(Cl)c1ccccc1. The zero-order valence-corrected chi connectivity index (χ0v) is 9.98. The van der Waals surface area contributed by atoms with Crippen LogP contribution in [0.3, 0.4) is 0 Å². The molecule has 0 bridgehead atoms. The normalized spacial score (nSPS) is 26.6. The molecule has 0 radical (unpaired) electrons. The van der Waals surface area contributed by atoms with Gasteiger partial charge in [0.2, 0.25) is 0 Å². The Kier molecular flexibility index (Phi) is 3.62. The van der Waals surface area contributed by atoms with Crippen LogP contribution in [0.4, 0.5) is 0 Å². The van der Waals surface area contributed by atoms with Gasteiger partial charge in [0.15, 0.2) is 5.78 Å². The highest BCUT2D eigenvalue weighted by Crippen LogP contribution is 2.29. The summed E-state index contributed by atoms with van der Waals surface area (Å²) in [5.74, 6) is 0.260. The fraction of sp³-hybridized carbons (Fsp3) is 0.462. The van der Waals surface area contributed by atoms with Crippen LogP contribution in [0.25, 0.3) is 0 Å². The highest BCUT2D eigenvalue weighted by atomic mass is 35.5. The Labute approximate surface area is 101 Å². The van der Waals surface area contributed by atoms with Gasteiger partial charge in [0.25, 0.3) is 0 Å². The molecule has 2 rings (SSSR count). The number of Topliss-reactive ketones (excluding diaryl/α,β-unsaturated/α-hetero) is 1. The summed E-state index contributed by atoms with van der Waals surface area (Å²) in [7, 11) is 0. The van der Waals surface area contributed by atoms with Crippen LogP contribution in [0.5, 0.6) is 0 Å². The molecule has 3 heteroatoms. The molecule has 1 aromatic carbocycles. The van der Waals surface area contributed by atoms with Gasteiger partial charge >= 0.3 is 0 Å². The number of ketones is 1. The second-order valence-electron chi connectivity index (χ2n) is 4.23. The van der Waals surface area contributed by atoms with E-state index in [9.17, 15) is 4.79 Å². The van der Waals surface area contributed by atoms with Crippen LogP contribution < -0.4 is 0 Å². The fourth-order valence-corrected chi connectivity index (χ4v) is 2.26. The zero-order chi connectivity index (χ0) is 11.5. The summed E-state index contributed by atoms with van der Waals surface area (Å²) in [5.41, 5.74) is 0.844. The quantitative estimate of drug-likeness (QED) is 0.757. The van der Waals surface area contributed by atoms with Gasteiger partial charge in [-0.2, -0.15) is 0 Å². The summed E-state index contributed by atoms with van der Waals surface area (Å²) in [6.45, 7) is 2.69. The average Bonchev–Trinajstić information content (AvgIpc) is 2.75. The van der Waals surface area contributed by atoms with Crippen LogP contribution >= 0.6 is 11.6 Å². The molecule has 1 fully saturated rings. The maximum Gasteiger partial charge on any atom is 0.184 e. The second-order valence-corrected chi connectivity index (χ2v) is 4.67. The third-order valence-corrected chi connectivity index (χ3v) is 3.48. The first kappa shape index (κ1) is 11.6. The molecule has 3 unspecified atom stereocenters. The summed E-state index contributed by atoms with van der Waals surface area (Å²) in [6.07, 6.45) is 0.608. The minimum atomic E-state index is -0.591. The van der Waals surface area contributed by atoms with Gasteiger partial charge in [0, 0.05) is 6.61 Å². The number of carbonyl (C=O) groups excluding carboxylic acids is 1. The lowest BCUT2D eigenvalue weighted by Crippen LogP contribution is -2.28. The molecule has 1 aliphatic heterocycles. The summed E-state index contributed by atoms with van der Waals surface area (Å²) in [4.78, 5) is 12.1. The van der Waals surface area contributed by atoms with Crippen molar-refractivity contribution in [1.82, 2.24) is 0 Å². The summed E-state index contributed by atoms with van der Waals surface area (Å²) >= 11 is 6.17. The standard InChI is InChI=1S/C13H15ClO2/c1-9-7-8-16-13(9)12(15)11(14)10-5-3-2-4-6-10/h2-6,9,11,13H,7-8H2,1H3. The van der Waals surface area contributed by atoms with Crippen molar-refractivity contribution < 1.29 is 9.53 Å². The third-order valence-electron chi connectivity index (χ3n) is 3.01. The smallest absolute Gasteiger partial charge is 0.184 e. The summed E-state index contributed by atoms with van der Waals surface area (Å²) in [5, 5.41) is -0.591. The van der Waals surface area contributed by atoms with E-state index in [-0.39, 0.29) is 17.8 Å². The predicted molar refractivity (Wildman–Crippen MR) is 63.6 cm³/mol. The Morgan fingerprint density at radius 2 is 2.12 bits per heavy atom. The average molecular weight is 239 g/mol. The van der Waals surface area contributed by atoms with E-state index in [0.29, 0.717) is 6.61 Å². The first-order valence-corrected chi connectivity index (χ1v) is 5.98. The first-order valence-electron chi connectivity index (χ1n) is 5.54. The molecule has 16 heavy (non-hydrogen) atoms. The molecule has 0 N–H and O–H groups in total. The molecule has 0 aromatic heterocycles. The molecule has 0 aliphatic carbocycles. The molecule has 1 aliphatic rings. The zero-order valence-electron chi connectivity index (χ0n) is 9.23. The lowest BCUT2D eigenvalue weighted by molar-refractivity contribution is -0.129. The Bertz CT molecular complexity index is 363. The number of alkyl halides is 1. The fourth-order valence-electron chi connectivity index (χ4n) is 1.99. The van der Waals surface area contributed by atoms with E-state index in [0.717, 1.165) is 12.0 Å². The van der Waals surface area contributed by atoms with Crippen molar-refractivity contribution in [2.75, 3.05) is 6.61 Å². The number of hydrogen-bond acceptors (Lipinski definition) is 2. The van der Waals surface area contributed by atoms with Crippen molar-refractivity contribution in [2.24, 2.45) is 5.92 Å². The number of rotatable bonds is 3. The molecular weight excluding hydrogens is 224 g/mol. The molecule has 1 aromatic rings. The van der Waals surface area contributed by atoms with E-state index < -0.39 is 5.38 Å². The lowest BCUT2D eigenvalue weighted by Gasteiger charge is -2.17. The van der Waals surface area contributed by atoms with Crippen molar-refractivity contribution in [1.29, 1.82) is 0 Å². The van der Waals surface area contributed by atoms with Crippen LogP contribution in [0.2, 0.25) is 0 Å². The Morgan fingerprint density at radius 3 is 2.69 bits per heavy atom. The van der Waals surface area contributed by atoms with Gasteiger partial charge in [-0.05, 0) is 17.9 Å². The molecule has 86 valence electrons. The van der Waals surface area contributed by atoms with Crippen LogP contribution in [0.15, 0.2) is 30.3 Å². The number of benzene rings is 1. The van der Waals surface area contributed by atoms with Gasteiger partial charge in [-0.1, -0.05) is 37.3 Å². The molecule has 3 atom stereocenters. The highest BCUT2D eigenvalue weighted by Gasteiger charge is 2.34. The Balaban J connectivity index is 2.10. The largest absolute Gasteiger partial charge is 0.370 e. The van der Waals surface area contributed by atoms with Crippen molar-refractivity contribution >= 4 is 17.4 Å². The van der Waals surface area contributed by atoms with Crippen LogP contribution in [0.1, 0.15) is 24.3 Å². The topological polar surface area (TPSA) is 26.3 Å². The minimum Gasteiger partial charge on any atom is -0.370 e. The molecule has 0 spiro atoms. The van der Waals surface area contributed by atoms with Gasteiger partial charge < -0.3 is 4.74 Å². The molecule has 0 amide bonds. The maximum atomic E-state index is 12.1. The Morgan fingerprint density at radius 1 is 1.44 bits per heavy atom. The maximum absolute atomic E-state index is 12.1. The monoisotopic (exact) mass is 238 g/mol. The van der Waals surface area contributed by atoms with E-state index in [1.54, 1.807) is 0 Å². The van der Waals surface area contributed by atoms with E-state index in [2.05, 4.69) is 0 Å². The van der Waals surface area contributed by atoms with Crippen molar-refractivity contribution in [2.45, 2.75) is 24.8 Å². The molecule has 1 heterocycles. The summed E-state index contributed by atoms with van der Waals surface area (Å²) < 4.78 is 5.44. The second kappa shape index (κ2) is 4.98. The van der Waals surface area contributed by atoms with Crippen molar-refractivity contribution in [3.05, 3.63) is 35.9 Å². The minimum absolute atomic E-state index is 0.0159. The van der Waals surface area contributed by atoms with Gasteiger partial charge in [0.1, 0.15) is 11.5 Å². The summed E-state index contributed by atoms with van der Waals surface area (Å²) in [6, 6.07) is 9.42. The van der Waals surface area contributed by atoms with Gasteiger partial charge in [-0.15, -0.1) is 11.6 Å². The first-order chi connectivity index (χ1) is 7.70. The van der Waals surface area contributed by atoms with E-state index in [1.807, 2.05) is 37.3 Å². The van der Waals surface area contributed by atoms with Crippen LogP contribution in [-0.4, -0.2) is 18.5 Å². The molecule has 0 saturated carbocycles. The molecule has 2 nitrogen and oxygen atoms in total. The van der Waals surface area contributed by atoms with Gasteiger partial charge in [-0.3, -0.25) is 4.79 Å².